The van der Waals surface area contributed by atoms with E-state index in [0.717, 1.165) is 22.2 Å². The summed E-state index contributed by atoms with van der Waals surface area (Å²) in [5.74, 6) is 0.493. The molecule has 0 saturated heterocycles. The molecule has 0 bridgehead atoms. The van der Waals surface area contributed by atoms with Gasteiger partial charge in [0.25, 0.3) is 0 Å². The van der Waals surface area contributed by atoms with Gasteiger partial charge in [-0.1, -0.05) is 50.2 Å². The summed E-state index contributed by atoms with van der Waals surface area (Å²) in [7, 11) is 0. The van der Waals surface area contributed by atoms with Gasteiger partial charge in [-0.2, -0.15) is 0 Å². The zero-order chi connectivity index (χ0) is 19.1. The highest BCUT2D eigenvalue weighted by atomic mass is 16.3. The van der Waals surface area contributed by atoms with Gasteiger partial charge in [-0.15, -0.1) is 0 Å². The molecule has 0 aliphatic carbocycles. The number of hydrogen-bond acceptors (Lipinski definition) is 4. The van der Waals surface area contributed by atoms with Crippen molar-refractivity contribution in [1.29, 1.82) is 0 Å². The first-order chi connectivity index (χ1) is 12.5. The minimum absolute atomic E-state index is 0.246. The number of aromatic hydroxyl groups is 2. The third kappa shape index (κ3) is 4.48. The number of phenolic OH excluding ortho intramolecular Hbond substituents is 2. The van der Waals surface area contributed by atoms with Gasteiger partial charge in [0.05, 0.1) is 0 Å². The van der Waals surface area contributed by atoms with Crippen molar-refractivity contribution in [3.05, 3.63) is 72.1 Å². The third-order valence-electron chi connectivity index (χ3n) is 3.68. The molecule has 0 unspecified atom stereocenters. The van der Waals surface area contributed by atoms with E-state index in [4.69, 9.17) is 0 Å². The number of para-hydroxylation sites is 2. The van der Waals surface area contributed by atoms with Gasteiger partial charge in [0.2, 0.25) is 0 Å². The normalized spacial score (nSPS) is 9.85. The number of fused-ring (bicyclic) bond motifs is 2. The van der Waals surface area contributed by atoms with E-state index in [0.29, 0.717) is 11.0 Å². The second-order valence-corrected chi connectivity index (χ2v) is 5.60. The molecule has 134 valence electrons. The lowest BCUT2D eigenvalue weighted by atomic mass is 10.2. The van der Waals surface area contributed by atoms with Crippen LogP contribution in [-0.4, -0.2) is 20.2 Å². The second kappa shape index (κ2) is 8.81. The number of nitrogens with zero attached hydrogens (tertiary/aromatic N) is 2. The van der Waals surface area contributed by atoms with E-state index in [1.807, 2.05) is 76.2 Å². The van der Waals surface area contributed by atoms with Gasteiger partial charge < -0.3 is 10.2 Å². The lowest BCUT2D eigenvalue weighted by molar-refractivity contribution is 0.480. The van der Waals surface area contributed by atoms with Crippen molar-refractivity contribution in [3.63, 3.8) is 0 Å². The number of pyridine rings is 2. The Hall–Kier alpha value is -3.14. The Morgan fingerprint density at radius 1 is 0.577 bits per heavy atom. The van der Waals surface area contributed by atoms with Crippen LogP contribution in [0.3, 0.4) is 0 Å². The lowest BCUT2D eigenvalue weighted by Crippen LogP contribution is -1.82. The average Bonchev–Trinajstić information content (AvgIpc) is 2.65. The van der Waals surface area contributed by atoms with Crippen LogP contribution in [0.4, 0.5) is 0 Å². The summed E-state index contributed by atoms with van der Waals surface area (Å²) in [5, 5.41) is 20.8. The molecule has 0 atom stereocenters. The van der Waals surface area contributed by atoms with Crippen LogP contribution in [-0.2, 0) is 0 Å². The first-order valence-electron chi connectivity index (χ1n) is 8.65. The van der Waals surface area contributed by atoms with E-state index in [2.05, 4.69) is 9.97 Å². The Balaban J connectivity index is 0.000000171. The topological polar surface area (TPSA) is 66.2 Å². The molecule has 26 heavy (non-hydrogen) atoms. The van der Waals surface area contributed by atoms with E-state index in [1.165, 1.54) is 0 Å². The number of phenols is 2. The van der Waals surface area contributed by atoms with E-state index in [9.17, 15) is 10.2 Å². The summed E-state index contributed by atoms with van der Waals surface area (Å²) < 4.78 is 0. The van der Waals surface area contributed by atoms with Crippen LogP contribution in [0, 0.1) is 13.8 Å². The van der Waals surface area contributed by atoms with Gasteiger partial charge in [-0.05, 0) is 38.1 Å². The standard InChI is InChI=1S/2C10H9NO.C2H6/c2*1-7-5-6-8-3-2-4-9(12)10(8)11-7;1-2/h2*2-6,12H,1H3;1-2H3. The molecule has 0 aliphatic rings. The van der Waals surface area contributed by atoms with Gasteiger partial charge in [-0.25, -0.2) is 9.97 Å². The minimum atomic E-state index is 0.246. The first kappa shape index (κ1) is 19.2. The van der Waals surface area contributed by atoms with Crippen LogP contribution >= 0.6 is 0 Å². The Labute approximate surface area is 153 Å². The smallest absolute Gasteiger partial charge is 0.141 e. The van der Waals surface area contributed by atoms with E-state index < -0.39 is 0 Å². The lowest BCUT2D eigenvalue weighted by Gasteiger charge is -1.99. The molecule has 0 aliphatic heterocycles. The molecular weight excluding hydrogens is 324 g/mol. The van der Waals surface area contributed by atoms with Crippen LogP contribution in [0.2, 0.25) is 0 Å². The van der Waals surface area contributed by atoms with Gasteiger partial charge in [0.15, 0.2) is 0 Å². The zero-order valence-corrected chi connectivity index (χ0v) is 15.6. The number of aromatic nitrogens is 2. The number of aryl methyl sites for hydroxylation is 2. The van der Waals surface area contributed by atoms with Crippen molar-refractivity contribution in [2.45, 2.75) is 27.7 Å². The fraction of sp³-hybridized carbons (Fsp3) is 0.182. The van der Waals surface area contributed by atoms with Crippen molar-refractivity contribution >= 4 is 21.8 Å². The highest BCUT2D eigenvalue weighted by molar-refractivity contribution is 5.84. The Morgan fingerprint density at radius 2 is 0.962 bits per heavy atom. The van der Waals surface area contributed by atoms with Gasteiger partial charge in [-0.3, -0.25) is 0 Å². The minimum Gasteiger partial charge on any atom is -0.506 e. The Bertz CT molecular complexity index is 930. The SMILES string of the molecule is CC.Cc1ccc2cccc(O)c2n1.Cc1ccc2cccc(O)c2n1. The Morgan fingerprint density at radius 3 is 1.35 bits per heavy atom. The van der Waals surface area contributed by atoms with Crippen molar-refractivity contribution < 1.29 is 10.2 Å². The predicted molar refractivity (Wildman–Crippen MR) is 108 cm³/mol. The van der Waals surface area contributed by atoms with Gasteiger partial charge in [0.1, 0.15) is 22.5 Å². The molecule has 2 N–H and O–H groups in total. The molecule has 4 rings (SSSR count). The average molecular weight is 348 g/mol. The highest BCUT2D eigenvalue weighted by Crippen LogP contribution is 2.22. The number of benzene rings is 2. The van der Waals surface area contributed by atoms with Gasteiger partial charge in [0, 0.05) is 22.2 Å². The molecule has 4 aromatic rings. The fourth-order valence-corrected chi connectivity index (χ4v) is 2.46. The number of rotatable bonds is 0. The quantitative estimate of drug-likeness (QED) is 0.439. The molecule has 0 radical (unpaired) electrons. The molecule has 0 amide bonds. The molecule has 0 saturated carbocycles. The monoisotopic (exact) mass is 348 g/mol. The fourth-order valence-electron chi connectivity index (χ4n) is 2.46. The van der Waals surface area contributed by atoms with Crippen LogP contribution in [0.5, 0.6) is 11.5 Å². The van der Waals surface area contributed by atoms with E-state index in [1.54, 1.807) is 12.1 Å². The van der Waals surface area contributed by atoms with Crippen molar-refractivity contribution in [3.8, 4) is 11.5 Å². The van der Waals surface area contributed by atoms with Crippen LogP contribution in [0.25, 0.3) is 21.8 Å². The molecule has 0 spiro atoms. The molecule has 2 aromatic heterocycles. The largest absolute Gasteiger partial charge is 0.506 e. The van der Waals surface area contributed by atoms with E-state index in [-0.39, 0.29) is 11.5 Å². The maximum atomic E-state index is 9.43. The Kier molecular flexibility index (Phi) is 6.50. The maximum absolute atomic E-state index is 9.43. The van der Waals surface area contributed by atoms with Gasteiger partial charge >= 0.3 is 0 Å². The maximum Gasteiger partial charge on any atom is 0.141 e. The summed E-state index contributed by atoms with van der Waals surface area (Å²) in [6.07, 6.45) is 0. The summed E-state index contributed by atoms with van der Waals surface area (Å²) in [6.45, 7) is 7.82. The van der Waals surface area contributed by atoms with Crippen LogP contribution < -0.4 is 0 Å². The molecule has 4 nitrogen and oxygen atoms in total. The van der Waals surface area contributed by atoms with Crippen molar-refractivity contribution in [2.75, 3.05) is 0 Å². The van der Waals surface area contributed by atoms with Crippen molar-refractivity contribution in [1.82, 2.24) is 9.97 Å². The molecule has 4 heteroatoms. The summed E-state index contributed by atoms with van der Waals surface area (Å²) in [6, 6.07) is 18.6. The summed E-state index contributed by atoms with van der Waals surface area (Å²) >= 11 is 0. The molecular formula is C22H24N2O2. The molecule has 2 aromatic carbocycles. The second-order valence-electron chi connectivity index (χ2n) is 5.60. The van der Waals surface area contributed by atoms with E-state index >= 15 is 0 Å². The summed E-state index contributed by atoms with van der Waals surface area (Å²) in [4.78, 5) is 8.45. The molecule has 2 heterocycles. The predicted octanol–water partition coefficient (Wildman–Crippen LogP) is 5.52. The van der Waals surface area contributed by atoms with Crippen molar-refractivity contribution in [2.24, 2.45) is 0 Å². The third-order valence-corrected chi connectivity index (χ3v) is 3.68. The zero-order valence-electron chi connectivity index (χ0n) is 15.6. The number of hydrogen-bond donors (Lipinski definition) is 2. The first-order valence-corrected chi connectivity index (χ1v) is 8.65. The highest BCUT2D eigenvalue weighted by Gasteiger charge is 1.99. The van der Waals surface area contributed by atoms with Crippen LogP contribution in [0.15, 0.2) is 60.7 Å². The van der Waals surface area contributed by atoms with Crippen LogP contribution in [0.1, 0.15) is 25.2 Å². The summed E-state index contributed by atoms with van der Waals surface area (Å²) in [5.41, 5.74) is 3.20. The molecule has 0 fully saturated rings.